The number of hydrogen-bond acceptors (Lipinski definition) is 3. The molecule has 3 rings (SSSR count). The number of carbonyl (C=O) groups excluding carboxylic acids is 2. The molecule has 0 spiro atoms. The summed E-state index contributed by atoms with van der Waals surface area (Å²) in [5.74, 6) is 0.488. The smallest absolute Gasteiger partial charge is 0.254 e. The van der Waals surface area contributed by atoms with Crippen LogP contribution >= 0.6 is 0 Å². The first-order chi connectivity index (χ1) is 12.4. The Bertz CT molecular complexity index is 860. The summed E-state index contributed by atoms with van der Waals surface area (Å²) in [6.07, 6.45) is 0. The minimum Gasteiger partial charge on any atom is -0.491 e. The van der Waals surface area contributed by atoms with Gasteiger partial charge in [0, 0.05) is 12.5 Å². The van der Waals surface area contributed by atoms with E-state index in [0.717, 1.165) is 33.7 Å². The first-order valence-corrected chi connectivity index (χ1v) is 8.76. The third kappa shape index (κ3) is 3.43. The zero-order valence-electron chi connectivity index (χ0n) is 15.6. The van der Waals surface area contributed by atoms with Gasteiger partial charge < -0.3 is 15.0 Å². The van der Waals surface area contributed by atoms with E-state index < -0.39 is 6.04 Å². The Kier molecular flexibility index (Phi) is 4.98. The van der Waals surface area contributed by atoms with Gasteiger partial charge in [0.25, 0.3) is 5.91 Å². The number of nitrogens with zero attached hydrogens (tertiary/aromatic N) is 1. The molecular formula is C21H24N2O3. The lowest BCUT2D eigenvalue weighted by Gasteiger charge is -2.20. The third-order valence-corrected chi connectivity index (χ3v) is 4.58. The van der Waals surface area contributed by atoms with Crippen molar-refractivity contribution in [2.24, 2.45) is 0 Å². The van der Waals surface area contributed by atoms with Crippen molar-refractivity contribution in [1.82, 2.24) is 5.32 Å². The number of anilines is 1. The van der Waals surface area contributed by atoms with Crippen molar-refractivity contribution in [3.8, 4) is 5.75 Å². The quantitative estimate of drug-likeness (QED) is 0.899. The summed E-state index contributed by atoms with van der Waals surface area (Å²) in [5, 5.41) is 2.78. The number of amides is 2. The van der Waals surface area contributed by atoms with Crippen molar-refractivity contribution in [2.45, 2.75) is 33.7 Å². The predicted octanol–water partition coefficient (Wildman–Crippen LogP) is 3.21. The molecule has 0 radical (unpaired) electrons. The van der Waals surface area contributed by atoms with E-state index in [9.17, 15) is 9.59 Å². The summed E-state index contributed by atoms with van der Waals surface area (Å²) in [5.41, 5.74) is 4.90. The van der Waals surface area contributed by atoms with Gasteiger partial charge in [-0.1, -0.05) is 35.9 Å². The average Bonchev–Trinajstić information content (AvgIpc) is 2.82. The maximum absolute atomic E-state index is 12.9. The second kappa shape index (κ2) is 7.20. The molecule has 0 fully saturated rings. The second-order valence-corrected chi connectivity index (χ2v) is 6.76. The Labute approximate surface area is 154 Å². The summed E-state index contributed by atoms with van der Waals surface area (Å²) in [6, 6.07) is 11.2. The van der Waals surface area contributed by atoms with Crippen molar-refractivity contribution in [3.63, 3.8) is 0 Å². The van der Waals surface area contributed by atoms with E-state index in [2.05, 4.69) is 11.4 Å². The molecule has 2 aromatic rings. The standard InChI is InChI=1S/C21H24N2O3/c1-13-11-15(3)20-17(12-13)19(22-16(4)24)21(25)23(20)9-10-26-18-8-6-5-7-14(18)2/h5-8,11-12,19H,9-10H2,1-4H3,(H,22,24). The highest BCUT2D eigenvalue weighted by molar-refractivity contribution is 6.07. The molecule has 5 heteroatoms. The van der Waals surface area contributed by atoms with Crippen LogP contribution in [-0.4, -0.2) is 25.0 Å². The summed E-state index contributed by atoms with van der Waals surface area (Å²) in [7, 11) is 0. The maximum Gasteiger partial charge on any atom is 0.254 e. The normalized spacial score (nSPS) is 15.8. The van der Waals surface area contributed by atoms with Gasteiger partial charge in [0.05, 0.1) is 12.2 Å². The van der Waals surface area contributed by atoms with Gasteiger partial charge in [0.1, 0.15) is 18.4 Å². The Morgan fingerprint density at radius 3 is 2.58 bits per heavy atom. The summed E-state index contributed by atoms with van der Waals surface area (Å²) in [6.45, 7) is 8.22. The fourth-order valence-electron chi connectivity index (χ4n) is 3.51. The van der Waals surface area contributed by atoms with E-state index in [1.807, 2.05) is 51.1 Å². The molecule has 0 aliphatic carbocycles. The number of hydrogen-bond donors (Lipinski definition) is 1. The van der Waals surface area contributed by atoms with Crippen LogP contribution in [0.4, 0.5) is 5.69 Å². The lowest BCUT2D eigenvalue weighted by molar-refractivity contribution is -0.126. The van der Waals surface area contributed by atoms with Crippen molar-refractivity contribution in [2.75, 3.05) is 18.1 Å². The third-order valence-electron chi connectivity index (χ3n) is 4.58. The molecule has 0 bridgehead atoms. The van der Waals surface area contributed by atoms with E-state index >= 15 is 0 Å². The molecule has 5 nitrogen and oxygen atoms in total. The molecule has 1 heterocycles. The van der Waals surface area contributed by atoms with Gasteiger partial charge in [-0.05, 0) is 38.0 Å². The number of nitrogens with one attached hydrogen (secondary N) is 1. The Morgan fingerprint density at radius 1 is 1.15 bits per heavy atom. The Morgan fingerprint density at radius 2 is 1.88 bits per heavy atom. The number of rotatable bonds is 5. The van der Waals surface area contributed by atoms with Gasteiger partial charge in [-0.25, -0.2) is 0 Å². The minimum absolute atomic E-state index is 0.114. The van der Waals surface area contributed by atoms with Crippen molar-refractivity contribution < 1.29 is 14.3 Å². The number of fused-ring (bicyclic) bond motifs is 1. The maximum atomic E-state index is 12.9. The average molecular weight is 352 g/mol. The van der Waals surface area contributed by atoms with Crippen LogP contribution < -0.4 is 15.0 Å². The fourth-order valence-corrected chi connectivity index (χ4v) is 3.51. The van der Waals surface area contributed by atoms with Gasteiger partial charge in [0.2, 0.25) is 5.91 Å². The summed E-state index contributed by atoms with van der Waals surface area (Å²) < 4.78 is 5.86. The second-order valence-electron chi connectivity index (χ2n) is 6.76. The molecular weight excluding hydrogens is 328 g/mol. The zero-order valence-corrected chi connectivity index (χ0v) is 15.6. The Hall–Kier alpha value is -2.82. The van der Waals surface area contributed by atoms with Crippen LogP contribution in [0.5, 0.6) is 5.75 Å². The van der Waals surface area contributed by atoms with Crippen LogP contribution in [0.1, 0.15) is 35.2 Å². The zero-order chi connectivity index (χ0) is 18.8. The number of carbonyl (C=O) groups is 2. The number of para-hydroxylation sites is 1. The van der Waals surface area contributed by atoms with Crippen LogP contribution in [0.25, 0.3) is 0 Å². The molecule has 26 heavy (non-hydrogen) atoms. The number of aryl methyl sites for hydroxylation is 3. The molecule has 1 atom stereocenters. The lowest BCUT2D eigenvalue weighted by Crippen LogP contribution is -2.38. The van der Waals surface area contributed by atoms with E-state index in [1.165, 1.54) is 6.92 Å². The number of ether oxygens (including phenoxy) is 1. The molecule has 1 aliphatic heterocycles. The van der Waals surface area contributed by atoms with E-state index in [4.69, 9.17) is 4.74 Å². The first kappa shape index (κ1) is 18.0. The highest BCUT2D eigenvalue weighted by Crippen LogP contribution is 2.39. The van der Waals surface area contributed by atoms with Crippen LogP contribution in [0.2, 0.25) is 0 Å². The van der Waals surface area contributed by atoms with E-state index in [0.29, 0.717) is 13.2 Å². The fraction of sp³-hybridized carbons (Fsp3) is 0.333. The first-order valence-electron chi connectivity index (χ1n) is 8.76. The highest BCUT2D eigenvalue weighted by Gasteiger charge is 2.38. The molecule has 0 saturated heterocycles. The molecule has 1 aliphatic rings. The number of benzene rings is 2. The van der Waals surface area contributed by atoms with Crippen LogP contribution in [0, 0.1) is 20.8 Å². The van der Waals surface area contributed by atoms with E-state index in [-0.39, 0.29) is 11.8 Å². The van der Waals surface area contributed by atoms with Crippen molar-refractivity contribution in [3.05, 3.63) is 58.7 Å². The van der Waals surface area contributed by atoms with Crippen LogP contribution in [-0.2, 0) is 9.59 Å². The highest BCUT2D eigenvalue weighted by atomic mass is 16.5. The minimum atomic E-state index is -0.625. The van der Waals surface area contributed by atoms with Crippen molar-refractivity contribution >= 4 is 17.5 Å². The molecule has 1 unspecified atom stereocenters. The van der Waals surface area contributed by atoms with Gasteiger partial charge in [0.15, 0.2) is 0 Å². The Balaban J connectivity index is 1.82. The molecule has 2 amide bonds. The topological polar surface area (TPSA) is 58.6 Å². The molecule has 2 aromatic carbocycles. The van der Waals surface area contributed by atoms with Crippen LogP contribution in [0.15, 0.2) is 36.4 Å². The van der Waals surface area contributed by atoms with Crippen LogP contribution in [0.3, 0.4) is 0 Å². The molecule has 1 N–H and O–H groups in total. The molecule has 0 aromatic heterocycles. The molecule has 0 saturated carbocycles. The van der Waals surface area contributed by atoms with Gasteiger partial charge in [-0.3, -0.25) is 9.59 Å². The summed E-state index contributed by atoms with van der Waals surface area (Å²) in [4.78, 5) is 26.2. The van der Waals surface area contributed by atoms with E-state index in [1.54, 1.807) is 4.90 Å². The van der Waals surface area contributed by atoms with Crippen molar-refractivity contribution in [1.29, 1.82) is 0 Å². The van der Waals surface area contributed by atoms with Gasteiger partial charge in [-0.2, -0.15) is 0 Å². The largest absolute Gasteiger partial charge is 0.491 e. The predicted molar refractivity (Wildman–Crippen MR) is 102 cm³/mol. The SMILES string of the molecule is CC(=O)NC1C(=O)N(CCOc2ccccc2C)c2c(C)cc(C)cc21. The molecule has 136 valence electrons. The lowest BCUT2D eigenvalue weighted by atomic mass is 10.0. The monoisotopic (exact) mass is 352 g/mol. The summed E-state index contributed by atoms with van der Waals surface area (Å²) >= 11 is 0. The van der Waals surface area contributed by atoms with Gasteiger partial charge in [-0.15, -0.1) is 0 Å². The van der Waals surface area contributed by atoms with Gasteiger partial charge >= 0.3 is 0 Å².